The molecule has 192 valence electrons. The predicted molar refractivity (Wildman–Crippen MR) is 140 cm³/mol. The minimum absolute atomic E-state index is 0.138. The van der Waals surface area contributed by atoms with Crippen LogP contribution in [0.5, 0.6) is 0 Å². The van der Waals surface area contributed by atoms with Crippen molar-refractivity contribution in [3.8, 4) is 11.5 Å². The Bertz CT molecular complexity index is 1490. The number of aryl methyl sites for hydroxylation is 2. The Morgan fingerprint density at radius 2 is 1.89 bits per heavy atom. The number of nitrogens with zero attached hydrogens (tertiary/aromatic N) is 5. The van der Waals surface area contributed by atoms with Crippen molar-refractivity contribution in [3.63, 3.8) is 0 Å². The molecule has 3 aromatic heterocycles. The molecule has 0 unspecified atom stereocenters. The molecule has 4 rings (SSSR count). The summed E-state index contributed by atoms with van der Waals surface area (Å²) in [6, 6.07) is 10.0. The average Bonchev–Trinajstić information content (AvgIpc) is 3.18. The highest BCUT2D eigenvalue weighted by Crippen LogP contribution is 2.35. The Balaban J connectivity index is 1.76. The second kappa shape index (κ2) is 10.4. The van der Waals surface area contributed by atoms with Crippen LogP contribution in [0, 0.1) is 12.3 Å². The second-order valence-electron chi connectivity index (χ2n) is 7.83. The number of thioether (sulfide) groups is 1. The number of fused-ring (bicyclic) bond motifs is 1. The van der Waals surface area contributed by atoms with Crippen molar-refractivity contribution in [2.24, 2.45) is 7.05 Å². The van der Waals surface area contributed by atoms with Crippen LogP contribution in [0.1, 0.15) is 18.3 Å². The van der Waals surface area contributed by atoms with Crippen molar-refractivity contribution in [2.45, 2.75) is 24.9 Å². The van der Waals surface area contributed by atoms with Crippen LogP contribution in [0.15, 0.2) is 47.4 Å². The summed E-state index contributed by atoms with van der Waals surface area (Å²) >= 11 is 7.39. The lowest BCUT2D eigenvalue weighted by Crippen LogP contribution is -2.33. The fourth-order valence-electron chi connectivity index (χ4n) is 3.77. The number of carbonyl (C=O) groups excluding carboxylic acids is 1. The van der Waals surface area contributed by atoms with E-state index in [0.29, 0.717) is 33.5 Å². The maximum absolute atomic E-state index is 13.3. The fraction of sp³-hybridized carbons (Fsp3) is 0.208. The van der Waals surface area contributed by atoms with Crippen LogP contribution >= 0.6 is 23.4 Å². The van der Waals surface area contributed by atoms with Crippen molar-refractivity contribution in [2.75, 3.05) is 16.0 Å². The molecule has 13 heteroatoms. The summed E-state index contributed by atoms with van der Waals surface area (Å²) in [6.07, 6.45) is -3.74. The molecule has 0 aliphatic rings. The van der Waals surface area contributed by atoms with E-state index in [2.05, 4.69) is 20.3 Å². The highest BCUT2D eigenvalue weighted by molar-refractivity contribution is 7.99. The largest absolute Gasteiger partial charge is 0.433 e. The third-order valence-corrected chi connectivity index (χ3v) is 6.56. The minimum Gasteiger partial charge on any atom is -0.324 e. The number of amides is 2. The summed E-state index contributed by atoms with van der Waals surface area (Å²) in [7, 11) is 1.68. The molecule has 0 bridgehead atoms. The molecule has 3 heterocycles. The second-order valence-corrected chi connectivity index (χ2v) is 9.58. The molecule has 0 saturated carbocycles. The Morgan fingerprint density at radius 3 is 2.51 bits per heavy atom. The predicted octanol–water partition coefficient (Wildman–Crippen LogP) is 6.77. The molecule has 0 fully saturated rings. The third-order valence-electron chi connectivity index (χ3n) is 5.37. The van der Waals surface area contributed by atoms with Crippen LogP contribution in [0.25, 0.3) is 22.6 Å². The number of alkyl halides is 3. The molecule has 0 atom stereocenters. The first kappa shape index (κ1) is 26.4. The van der Waals surface area contributed by atoms with Crippen LogP contribution in [0.4, 0.5) is 29.5 Å². The van der Waals surface area contributed by atoms with Gasteiger partial charge in [-0.1, -0.05) is 18.5 Å². The van der Waals surface area contributed by atoms with Gasteiger partial charge in [0.1, 0.15) is 17.2 Å². The Hall–Kier alpha value is -3.64. The van der Waals surface area contributed by atoms with Gasteiger partial charge in [-0.3, -0.25) is 15.6 Å². The van der Waals surface area contributed by atoms with Gasteiger partial charge in [-0.2, -0.15) is 13.2 Å². The first-order valence-corrected chi connectivity index (χ1v) is 12.3. The summed E-state index contributed by atoms with van der Waals surface area (Å²) in [6.45, 7) is 3.45. The third kappa shape index (κ3) is 5.39. The molecular formula is C24H21ClF3N7OS. The van der Waals surface area contributed by atoms with Gasteiger partial charge in [-0.05, 0) is 55.1 Å². The lowest BCUT2D eigenvalue weighted by atomic mass is 10.2. The van der Waals surface area contributed by atoms with E-state index in [1.807, 2.05) is 6.92 Å². The smallest absolute Gasteiger partial charge is 0.324 e. The van der Waals surface area contributed by atoms with Gasteiger partial charge in [-0.15, -0.1) is 11.8 Å². The Labute approximate surface area is 219 Å². The quantitative estimate of drug-likeness (QED) is 0.158. The van der Waals surface area contributed by atoms with Gasteiger partial charge in [0.05, 0.1) is 28.8 Å². The zero-order valence-corrected chi connectivity index (χ0v) is 21.5. The molecule has 0 radical (unpaired) electrons. The number of hydrogen-bond acceptors (Lipinski definition) is 6. The van der Waals surface area contributed by atoms with E-state index in [1.165, 1.54) is 18.7 Å². The normalized spacial score (nSPS) is 11.5. The summed E-state index contributed by atoms with van der Waals surface area (Å²) in [5, 5.41) is 10.8. The molecule has 2 N–H and O–H groups in total. The zero-order chi connectivity index (χ0) is 26.9. The molecule has 0 spiro atoms. The number of rotatable bonds is 6. The highest BCUT2D eigenvalue weighted by Gasteiger charge is 2.34. The van der Waals surface area contributed by atoms with Gasteiger partial charge in [0.25, 0.3) is 0 Å². The number of halogens is 4. The van der Waals surface area contributed by atoms with Gasteiger partial charge < -0.3 is 4.57 Å². The monoisotopic (exact) mass is 547 g/mol. The maximum Gasteiger partial charge on any atom is 0.433 e. The van der Waals surface area contributed by atoms with E-state index in [0.717, 1.165) is 22.2 Å². The Kier molecular flexibility index (Phi) is 7.42. The van der Waals surface area contributed by atoms with Crippen molar-refractivity contribution in [1.29, 1.82) is 5.41 Å². The van der Waals surface area contributed by atoms with Crippen molar-refractivity contribution < 1.29 is 18.0 Å². The molecule has 4 aromatic rings. The van der Waals surface area contributed by atoms with Gasteiger partial charge in [0.15, 0.2) is 5.82 Å². The molecule has 1 aromatic carbocycles. The zero-order valence-electron chi connectivity index (χ0n) is 19.9. The maximum atomic E-state index is 13.3. The number of benzene rings is 1. The van der Waals surface area contributed by atoms with E-state index in [-0.39, 0.29) is 17.0 Å². The lowest BCUT2D eigenvalue weighted by molar-refractivity contribution is -0.141. The number of nitrogens with one attached hydrogen (secondary N) is 2. The van der Waals surface area contributed by atoms with Crippen molar-refractivity contribution >= 4 is 58.3 Å². The molecule has 0 saturated heterocycles. The number of imidazole rings is 1. The molecule has 37 heavy (non-hydrogen) atoms. The minimum atomic E-state index is -4.60. The van der Waals surface area contributed by atoms with Gasteiger partial charge in [0.2, 0.25) is 0 Å². The molecule has 8 nitrogen and oxygen atoms in total. The van der Waals surface area contributed by atoms with Gasteiger partial charge >= 0.3 is 12.2 Å². The highest BCUT2D eigenvalue weighted by atomic mass is 35.5. The Morgan fingerprint density at radius 1 is 1.19 bits per heavy atom. The van der Waals surface area contributed by atoms with Gasteiger partial charge in [0, 0.05) is 17.0 Å². The number of pyridine rings is 2. The van der Waals surface area contributed by atoms with Crippen LogP contribution < -0.4 is 10.2 Å². The molecule has 0 aliphatic carbocycles. The number of aromatic nitrogens is 4. The fourth-order valence-corrected chi connectivity index (χ4v) is 4.65. The summed E-state index contributed by atoms with van der Waals surface area (Å²) in [4.78, 5) is 27.5. The topological polar surface area (TPSA) is 99.8 Å². The standard InChI is InChI=1S/C24H21ClF3N7OS/c1-4-37-17-9-10-19(33-23(36)35(12-29)15-7-5-14(25)6-8-15)32-20(17)22-31-16-11-18(24(26,27)28)30-13(2)21(16)34(22)3/h5-12,29H,4H2,1-3H3,(H,32,33,36). The van der Waals surface area contributed by atoms with E-state index < -0.39 is 17.9 Å². The summed E-state index contributed by atoms with van der Waals surface area (Å²) in [5.74, 6) is 1.22. The van der Waals surface area contributed by atoms with E-state index in [1.54, 1.807) is 48.0 Å². The number of urea groups is 1. The van der Waals surface area contributed by atoms with Crippen LogP contribution in [0.3, 0.4) is 0 Å². The van der Waals surface area contributed by atoms with Crippen molar-refractivity contribution in [3.05, 3.63) is 58.9 Å². The van der Waals surface area contributed by atoms with E-state index >= 15 is 0 Å². The molecule has 0 aliphatic heterocycles. The van der Waals surface area contributed by atoms with Crippen molar-refractivity contribution in [1.82, 2.24) is 19.5 Å². The first-order valence-electron chi connectivity index (χ1n) is 10.9. The average molecular weight is 548 g/mol. The number of anilines is 2. The lowest BCUT2D eigenvalue weighted by Gasteiger charge is -2.18. The van der Waals surface area contributed by atoms with Crippen LogP contribution in [-0.4, -0.2) is 37.6 Å². The van der Waals surface area contributed by atoms with E-state index in [9.17, 15) is 18.0 Å². The number of carbonyl (C=O) groups is 1. The van der Waals surface area contributed by atoms with Crippen LogP contribution in [-0.2, 0) is 13.2 Å². The molecular weight excluding hydrogens is 527 g/mol. The van der Waals surface area contributed by atoms with E-state index in [4.69, 9.17) is 17.0 Å². The molecule has 2 amide bonds. The SMILES string of the molecule is CCSc1ccc(NC(=O)N(C=N)c2ccc(Cl)cc2)nc1-c1nc2cc(C(F)(F)F)nc(C)c2n1C. The first-order chi connectivity index (χ1) is 17.5. The van der Waals surface area contributed by atoms with Crippen LogP contribution in [0.2, 0.25) is 5.02 Å². The number of hydrogen-bond donors (Lipinski definition) is 2. The van der Waals surface area contributed by atoms with Gasteiger partial charge in [-0.25, -0.2) is 19.7 Å². The summed E-state index contributed by atoms with van der Waals surface area (Å²) in [5.41, 5.74) is 0.569. The summed E-state index contributed by atoms with van der Waals surface area (Å²) < 4.78 is 41.6.